The number of rotatable bonds is 4. The van der Waals surface area contributed by atoms with Crippen LogP contribution in [0.5, 0.6) is 0 Å². The summed E-state index contributed by atoms with van der Waals surface area (Å²) in [5.41, 5.74) is 1.08. The first kappa shape index (κ1) is 14.0. The number of urea groups is 1. The minimum atomic E-state index is -1.07. The van der Waals surface area contributed by atoms with Gasteiger partial charge in [-0.1, -0.05) is 0 Å². The fraction of sp³-hybridized carbons (Fsp3) is 0.333. The second-order valence-corrected chi connectivity index (χ2v) is 6.51. The first-order valence-electron chi connectivity index (χ1n) is 6.33. The molecule has 0 saturated heterocycles. The molecule has 0 atom stereocenters. The van der Waals surface area contributed by atoms with E-state index in [-0.39, 0.29) is 18.3 Å². The standard InChI is InChI=1S/C12H12N4O3S2/c17-10(18)7-5-20-9(14-7)4-13-11(19)16-12-15-6-2-1-3-8(6)21-12/h5H,1-4H2,(H,17,18)(H2,13,15,16,19). The Morgan fingerprint density at radius 3 is 2.90 bits per heavy atom. The third-order valence-corrected chi connectivity index (χ3v) is 4.91. The number of aromatic carboxylic acids is 1. The van der Waals surface area contributed by atoms with Crippen LogP contribution in [0.25, 0.3) is 0 Å². The van der Waals surface area contributed by atoms with Crippen molar-refractivity contribution in [1.29, 1.82) is 0 Å². The van der Waals surface area contributed by atoms with E-state index >= 15 is 0 Å². The van der Waals surface area contributed by atoms with Gasteiger partial charge in [0.2, 0.25) is 0 Å². The number of aromatic nitrogens is 2. The molecule has 0 fully saturated rings. The van der Waals surface area contributed by atoms with E-state index in [4.69, 9.17) is 5.11 Å². The Morgan fingerprint density at radius 1 is 1.33 bits per heavy atom. The third kappa shape index (κ3) is 3.19. The number of anilines is 1. The summed E-state index contributed by atoms with van der Waals surface area (Å²) in [6, 6.07) is -0.366. The molecule has 0 saturated carbocycles. The van der Waals surface area contributed by atoms with Gasteiger partial charge in [-0.05, 0) is 19.3 Å². The number of amides is 2. The van der Waals surface area contributed by atoms with Crippen molar-refractivity contribution in [2.24, 2.45) is 0 Å². The van der Waals surface area contributed by atoms with Crippen LogP contribution >= 0.6 is 22.7 Å². The Bertz CT molecular complexity index is 673. The average Bonchev–Trinajstić information content (AvgIpc) is 3.10. The summed E-state index contributed by atoms with van der Waals surface area (Å²) in [6.07, 6.45) is 3.15. The largest absolute Gasteiger partial charge is 0.476 e. The predicted octanol–water partition coefficient (Wildman–Crippen LogP) is 2.11. The van der Waals surface area contributed by atoms with Crippen molar-refractivity contribution in [2.75, 3.05) is 5.32 Å². The lowest BCUT2D eigenvalue weighted by Gasteiger charge is -2.03. The van der Waals surface area contributed by atoms with Gasteiger partial charge in [0.15, 0.2) is 10.8 Å². The first-order chi connectivity index (χ1) is 10.1. The van der Waals surface area contributed by atoms with Crippen molar-refractivity contribution in [2.45, 2.75) is 25.8 Å². The number of carbonyl (C=O) groups is 2. The van der Waals surface area contributed by atoms with Crippen LogP contribution in [0.3, 0.4) is 0 Å². The molecule has 2 amide bonds. The predicted molar refractivity (Wildman–Crippen MR) is 79.1 cm³/mol. The van der Waals surface area contributed by atoms with E-state index < -0.39 is 5.97 Å². The summed E-state index contributed by atoms with van der Waals surface area (Å²) < 4.78 is 0. The highest BCUT2D eigenvalue weighted by molar-refractivity contribution is 7.15. The maximum atomic E-state index is 11.8. The van der Waals surface area contributed by atoms with Crippen molar-refractivity contribution in [3.05, 3.63) is 26.7 Å². The zero-order valence-electron chi connectivity index (χ0n) is 10.9. The van der Waals surface area contributed by atoms with Crippen LogP contribution in [-0.2, 0) is 19.4 Å². The second kappa shape index (κ2) is 5.78. The maximum Gasteiger partial charge on any atom is 0.355 e. The summed E-state index contributed by atoms with van der Waals surface area (Å²) in [5, 5.41) is 16.7. The molecule has 0 radical (unpaired) electrons. The van der Waals surface area contributed by atoms with Crippen LogP contribution in [-0.4, -0.2) is 27.1 Å². The normalized spacial score (nSPS) is 13.0. The summed E-state index contributed by atoms with van der Waals surface area (Å²) >= 11 is 2.70. The zero-order chi connectivity index (χ0) is 14.8. The van der Waals surface area contributed by atoms with Crippen molar-refractivity contribution in [1.82, 2.24) is 15.3 Å². The summed E-state index contributed by atoms with van der Waals surface area (Å²) in [4.78, 5) is 32.0. The van der Waals surface area contributed by atoms with Gasteiger partial charge in [0.25, 0.3) is 0 Å². The lowest BCUT2D eigenvalue weighted by Crippen LogP contribution is -2.28. The average molecular weight is 324 g/mol. The van der Waals surface area contributed by atoms with Gasteiger partial charge in [-0.15, -0.1) is 22.7 Å². The lowest BCUT2D eigenvalue weighted by molar-refractivity contribution is 0.0691. The fourth-order valence-corrected chi connectivity index (χ4v) is 3.78. The van der Waals surface area contributed by atoms with Gasteiger partial charge in [0.1, 0.15) is 5.01 Å². The molecule has 2 aromatic rings. The number of fused-ring (bicyclic) bond motifs is 1. The number of carboxylic acid groups (broad SMARTS) is 1. The van der Waals surface area contributed by atoms with E-state index in [9.17, 15) is 9.59 Å². The van der Waals surface area contributed by atoms with Crippen molar-refractivity contribution < 1.29 is 14.7 Å². The number of nitrogens with one attached hydrogen (secondary N) is 2. The second-order valence-electron chi connectivity index (χ2n) is 4.48. The lowest BCUT2D eigenvalue weighted by atomic mass is 10.4. The van der Waals surface area contributed by atoms with E-state index in [2.05, 4.69) is 20.6 Å². The molecule has 21 heavy (non-hydrogen) atoms. The van der Waals surface area contributed by atoms with E-state index in [1.807, 2.05) is 0 Å². The molecule has 7 nitrogen and oxygen atoms in total. The molecule has 1 aliphatic carbocycles. The van der Waals surface area contributed by atoms with Crippen molar-refractivity contribution in [3.8, 4) is 0 Å². The number of hydrogen-bond donors (Lipinski definition) is 3. The number of hydrogen-bond acceptors (Lipinski definition) is 6. The molecule has 1 aliphatic rings. The monoisotopic (exact) mass is 324 g/mol. The SMILES string of the molecule is O=C(NCc1nc(C(=O)O)cs1)Nc1nc2c(s1)CCC2. The van der Waals surface area contributed by atoms with Crippen LogP contribution in [0.2, 0.25) is 0 Å². The molecule has 2 aromatic heterocycles. The van der Waals surface area contributed by atoms with Gasteiger partial charge < -0.3 is 10.4 Å². The van der Waals surface area contributed by atoms with Crippen molar-refractivity contribution in [3.63, 3.8) is 0 Å². The Kier molecular flexibility index (Phi) is 3.84. The Hall–Kier alpha value is -2.00. The van der Waals surface area contributed by atoms with E-state index in [0.29, 0.717) is 10.1 Å². The van der Waals surface area contributed by atoms with Gasteiger partial charge >= 0.3 is 12.0 Å². The molecule has 0 aliphatic heterocycles. The molecule has 0 unspecified atom stereocenters. The molecule has 9 heteroatoms. The summed E-state index contributed by atoms with van der Waals surface area (Å²) in [5.74, 6) is -1.07. The molecular weight excluding hydrogens is 312 g/mol. The summed E-state index contributed by atoms with van der Waals surface area (Å²) in [6.45, 7) is 0.189. The molecule has 0 bridgehead atoms. The topological polar surface area (TPSA) is 104 Å². The smallest absolute Gasteiger partial charge is 0.355 e. The highest BCUT2D eigenvalue weighted by Crippen LogP contribution is 2.30. The van der Waals surface area contributed by atoms with Gasteiger partial charge in [-0.25, -0.2) is 19.6 Å². The maximum absolute atomic E-state index is 11.8. The number of aryl methyl sites for hydroxylation is 2. The highest BCUT2D eigenvalue weighted by Gasteiger charge is 2.17. The quantitative estimate of drug-likeness (QED) is 0.799. The van der Waals surface area contributed by atoms with Crippen LogP contribution in [0.15, 0.2) is 5.38 Å². The summed E-state index contributed by atoms with van der Waals surface area (Å²) in [7, 11) is 0. The van der Waals surface area contributed by atoms with E-state index in [1.165, 1.54) is 32.9 Å². The molecule has 0 spiro atoms. The van der Waals surface area contributed by atoms with Crippen LogP contribution in [0.4, 0.5) is 9.93 Å². The fourth-order valence-electron chi connectivity index (χ4n) is 2.03. The van der Waals surface area contributed by atoms with E-state index in [1.54, 1.807) is 0 Å². The van der Waals surface area contributed by atoms with Crippen LogP contribution in [0, 0.1) is 0 Å². The van der Waals surface area contributed by atoms with Crippen LogP contribution < -0.4 is 10.6 Å². The van der Waals surface area contributed by atoms with E-state index in [0.717, 1.165) is 25.0 Å². The molecular formula is C12H12N4O3S2. The molecule has 3 rings (SSSR count). The minimum Gasteiger partial charge on any atom is -0.476 e. The Labute approximate surface area is 128 Å². The minimum absolute atomic E-state index is 0.00597. The molecule has 0 aromatic carbocycles. The molecule has 3 N–H and O–H groups in total. The van der Waals surface area contributed by atoms with Gasteiger partial charge in [-0.3, -0.25) is 5.32 Å². The van der Waals surface area contributed by atoms with Gasteiger partial charge in [0.05, 0.1) is 12.2 Å². The molecule has 110 valence electrons. The number of carbonyl (C=O) groups excluding carboxylic acids is 1. The number of carboxylic acids is 1. The number of thiazole rings is 2. The zero-order valence-corrected chi connectivity index (χ0v) is 12.5. The van der Waals surface area contributed by atoms with Crippen LogP contribution in [0.1, 0.15) is 32.5 Å². The Morgan fingerprint density at radius 2 is 2.19 bits per heavy atom. The van der Waals surface area contributed by atoms with Gasteiger partial charge in [0, 0.05) is 10.3 Å². The first-order valence-corrected chi connectivity index (χ1v) is 8.02. The third-order valence-electron chi connectivity index (χ3n) is 2.99. The Balaban J connectivity index is 1.52. The van der Waals surface area contributed by atoms with Gasteiger partial charge in [-0.2, -0.15) is 0 Å². The highest BCUT2D eigenvalue weighted by atomic mass is 32.1. The van der Waals surface area contributed by atoms with Crippen molar-refractivity contribution >= 4 is 39.8 Å². The number of nitrogens with zero attached hydrogens (tertiary/aromatic N) is 2. The molecule has 2 heterocycles.